The maximum atomic E-state index is 9.47. The molecule has 29 heavy (non-hydrogen) atoms. The van der Waals surface area contributed by atoms with Gasteiger partial charge in [-0.3, -0.25) is 4.40 Å². The number of hydrogen-bond donors (Lipinski definition) is 0. The van der Waals surface area contributed by atoms with Crippen molar-refractivity contribution in [3.05, 3.63) is 78.2 Å². The third kappa shape index (κ3) is 1.96. The molecule has 0 saturated heterocycles. The van der Waals surface area contributed by atoms with Gasteiger partial charge in [0.15, 0.2) is 17.0 Å². The minimum absolute atomic E-state index is 0.0409. The second kappa shape index (κ2) is 5.51. The van der Waals surface area contributed by atoms with Gasteiger partial charge in [-0.2, -0.15) is 10.5 Å². The summed E-state index contributed by atoms with van der Waals surface area (Å²) in [5.41, 5.74) is 2.32. The van der Waals surface area contributed by atoms with Crippen molar-refractivity contribution in [2.45, 2.75) is 0 Å². The van der Waals surface area contributed by atoms with Crippen LogP contribution in [0.2, 0.25) is 0 Å². The van der Waals surface area contributed by atoms with Gasteiger partial charge in [0.25, 0.3) is 0 Å². The van der Waals surface area contributed by atoms with E-state index in [0.717, 1.165) is 37.8 Å². The van der Waals surface area contributed by atoms with Crippen LogP contribution in [-0.2, 0) is 0 Å². The molecule has 3 heterocycles. The third-order valence-electron chi connectivity index (χ3n) is 5.46. The Bertz CT molecular complexity index is 1730. The van der Waals surface area contributed by atoms with Crippen LogP contribution in [0.1, 0.15) is 11.4 Å². The summed E-state index contributed by atoms with van der Waals surface area (Å²) in [6.07, 6.45) is 2.02. The highest BCUT2D eigenvalue weighted by Gasteiger charge is 2.18. The largest absolute Gasteiger partial charge is 0.298 e. The predicted octanol–water partition coefficient (Wildman–Crippen LogP) is 5.09. The molecule has 0 amide bonds. The summed E-state index contributed by atoms with van der Waals surface area (Å²) in [4.78, 5) is 9.09. The lowest BCUT2D eigenvalue weighted by atomic mass is 10.00. The maximum Gasteiger partial charge on any atom is 0.179 e. The zero-order valence-corrected chi connectivity index (χ0v) is 15.1. The first-order valence-corrected chi connectivity index (χ1v) is 9.15. The third-order valence-corrected chi connectivity index (χ3v) is 5.46. The molecule has 0 radical (unpaired) electrons. The first-order valence-electron chi connectivity index (χ1n) is 9.15. The van der Waals surface area contributed by atoms with Crippen LogP contribution in [0.25, 0.3) is 49.0 Å². The Hall–Kier alpha value is -4.48. The summed E-state index contributed by atoms with van der Waals surface area (Å²) in [7, 11) is 0. The van der Waals surface area contributed by atoms with Crippen molar-refractivity contribution in [2.24, 2.45) is 0 Å². The van der Waals surface area contributed by atoms with Crippen LogP contribution in [0.3, 0.4) is 0 Å². The number of nitriles is 2. The number of pyridine rings is 1. The number of aromatic nitrogens is 3. The fourth-order valence-electron chi connectivity index (χ4n) is 4.24. The lowest BCUT2D eigenvalue weighted by Crippen LogP contribution is -2.01. The van der Waals surface area contributed by atoms with E-state index in [0.29, 0.717) is 11.2 Å². The molecule has 0 N–H and O–H groups in total. The standard InChI is InChI=1S/C24H11N5/c25-11-19-20(12-26)28-24-22(27-19)18-10-9-14-5-1-3-7-16(14)21(18)23-17-8-4-2-6-15(17)13-29(23)24/h1-10,13H. The number of fused-ring (bicyclic) bond motifs is 10. The molecule has 5 nitrogen and oxygen atoms in total. The average molecular weight is 369 g/mol. The molecule has 0 fully saturated rings. The van der Waals surface area contributed by atoms with Crippen molar-refractivity contribution < 1.29 is 0 Å². The molecule has 0 unspecified atom stereocenters. The normalized spacial score (nSPS) is 11.4. The summed E-state index contributed by atoms with van der Waals surface area (Å²) >= 11 is 0. The zero-order chi connectivity index (χ0) is 19.5. The summed E-state index contributed by atoms with van der Waals surface area (Å²) < 4.78 is 2.00. The quantitative estimate of drug-likeness (QED) is 0.350. The van der Waals surface area contributed by atoms with Gasteiger partial charge >= 0.3 is 0 Å². The summed E-state index contributed by atoms with van der Waals surface area (Å²) in [5, 5.41) is 25.4. The first kappa shape index (κ1) is 15.6. The number of rotatable bonds is 0. The Morgan fingerprint density at radius 3 is 2.17 bits per heavy atom. The van der Waals surface area contributed by atoms with E-state index in [-0.39, 0.29) is 11.4 Å². The Kier molecular flexibility index (Phi) is 2.96. The molecular formula is C24H11N5. The second-order valence-corrected chi connectivity index (χ2v) is 6.96. The van der Waals surface area contributed by atoms with Gasteiger partial charge in [-0.1, -0.05) is 60.7 Å². The molecule has 6 aromatic rings. The highest BCUT2D eigenvalue weighted by Crippen LogP contribution is 2.37. The van der Waals surface area contributed by atoms with E-state index in [2.05, 4.69) is 40.3 Å². The lowest BCUT2D eigenvalue weighted by Gasteiger charge is -2.11. The van der Waals surface area contributed by atoms with Gasteiger partial charge in [-0.25, -0.2) is 9.97 Å². The Morgan fingerprint density at radius 1 is 0.690 bits per heavy atom. The van der Waals surface area contributed by atoms with Gasteiger partial charge in [0, 0.05) is 27.7 Å². The van der Waals surface area contributed by atoms with E-state index < -0.39 is 0 Å². The molecule has 0 aliphatic rings. The Balaban J connectivity index is 2.04. The van der Waals surface area contributed by atoms with E-state index in [4.69, 9.17) is 0 Å². The minimum Gasteiger partial charge on any atom is -0.298 e. The molecule has 0 aliphatic carbocycles. The topological polar surface area (TPSA) is 77.8 Å². The fourth-order valence-corrected chi connectivity index (χ4v) is 4.24. The van der Waals surface area contributed by atoms with Gasteiger partial charge in [0.2, 0.25) is 0 Å². The van der Waals surface area contributed by atoms with Crippen LogP contribution in [-0.4, -0.2) is 14.4 Å². The first-order chi connectivity index (χ1) is 14.3. The Morgan fingerprint density at radius 2 is 1.38 bits per heavy atom. The molecule has 0 atom stereocenters. The lowest BCUT2D eigenvalue weighted by molar-refractivity contribution is 1.14. The number of hydrogen-bond acceptors (Lipinski definition) is 4. The van der Waals surface area contributed by atoms with Crippen LogP contribution in [0.15, 0.2) is 66.9 Å². The van der Waals surface area contributed by atoms with Crippen molar-refractivity contribution in [3.8, 4) is 12.1 Å². The van der Waals surface area contributed by atoms with Gasteiger partial charge in [-0.15, -0.1) is 0 Å². The van der Waals surface area contributed by atoms with E-state index in [1.54, 1.807) is 0 Å². The van der Waals surface area contributed by atoms with E-state index in [1.165, 1.54) is 0 Å². The molecule has 6 rings (SSSR count). The summed E-state index contributed by atoms with van der Waals surface area (Å²) in [6, 6.07) is 24.5. The van der Waals surface area contributed by atoms with Crippen molar-refractivity contribution >= 4 is 49.0 Å². The number of nitrogens with zero attached hydrogens (tertiary/aromatic N) is 5. The molecule has 3 aromatic heterocycles. The summed E-state index contributed by atoms with van der Waals surface area (Å²) in [5.74, 6) is 0. The highest BCUT2D eigenvalue weighted by atomic mass is 15.0. The molecule has 0 saturated carbocycles. The molecule has 5 heteroatoms. The minimum atomic E-state index is 0.0409. The van der Waals surface area contributed by atoms with E-state index in [1.807, 2.05) is 53.1 Å². The van der Waals surface area contributed by atoms with Crippen molar-refractivity contribution in [2.75, 3.05) is 0 Å². The molecular weight excluding hydrogens is 358 g/mol. The van der Waals surface area contributed by atoms with E-state index >= 15 is 0 Å². The smallest absolute Gasteiger partial charge is 0.179 e. The molecule has 3 aromatic carbocycles. The predicted molar refractivity (Wildman–Crippen MR) is 112 cm³/mol. The van der Waals surface area contributed by atoms with Gasteiger partial charge in [-0.05, 0) is 10.8 Å². The SMILES string of the molecule is N#Cc1nc2c3ccc4ccccc4c3c3c4ccccc4cn3c2nc1C#N. The molecule has 132 valence electrons. The van der Waals surface area contributed by atoms with Crippen LogP contribution in [0.5, 0.6) is 0 Å². The molecule has 0 spiro atoms. The number of benzene rings is 3. The van der Waals surface area contributed by atoms with Crippen LogP contribution in [0.4, 0.5) is 0 Å². The van der Waals surface area contributed by atoms with Crippen molar-refractivity contribution in [3.63, 3.8) is 0 Å². The summed E-state index contributed by atoms with van der Waals surface area (Å²) in [6.45, 7) is 0. The maximum absolute atomic E-state index is 9.47. The van der Waals surface area contributed by atoms with Gasteiger partial charge in [0.05, 0.1) is 5.52 Å². The zero-order valence-electron chi connectivity index (χ0n) is 15.1. The van der Waals surface area contributed by atoms with Crippen molar-refractivity contribution in [1.82, 2.24) is 14.4 Å². The van der Waals surface area contributed by atoms with Crippen LogP contribution < -0.4 is 0 Å². The molecule has 0 aliphatic heterocycles. The molecule has 0 bridgehead atoms. The average Bonchev–Trinajstić information content (AvgIpc) is 3.17. The van der Waals surface area contributed by atoms with E-state index in [9.17, 15) is 10.5 Å². The van der Waals surface area contributed by atoms with Crippen LogP contribution >= 0.6 is 0 Å². The van der Waals surface area contributed by atoms with Crippen molar-refractivity contribution in [1.29, 1.82) is 10.5 Å². The Labute approximate surface area is 164 Å². The fraction of sp³-hybridized carbons (Fsp3) is 0. The monoisotopic (exact) mass is 369 g/mol. The highest BCUT2D eigenvalue weighted by molar-refractivity contribution is 6.26. The van der Waals surface area contributed by atoms with Gasteiger partial charge < -0.3 is 0 Å². The second-order valence-electron chi connectivity index (χ2n) is 6.96. The van der Waals surface area contributed by atoms with Gasteiger partial charge in [0.1, 0.15) is 17.7 Å². The van der Waals surface area contributed by atoms with Crippen LogP contribution in [0, 0.1) is 22.7 Å².